The van der Waals surface area contributed by atoms with Gasteiger partial charge in [-0.15, -0.1) is 0 Å². The van der Waals surface area contributed by atoms with Crippen molar-refractivity contribution in [3.8, 4) is 0 Å². The minimum Gasteiger partial charge on any atom is -0.444 e. The standard InChI is InChI=1S/C11H20N4O2/c1-11(2,3)17-10(16)13-6-9(12)8-5-14-15(4)7-8/h5,7,9H,6,12H2,1-4H3,(H,13,16). The first-order valence-electron chi connectivity index (χ1n) is 5.49. The molecule has 0 saturated carbocycles. The van der Waals surface area contributed by atoms with Gasteiger partial charge in [-0.3, -0.25) is 4.68 Å². The first-order chi connectivity index (χ1) is 7.78. The molecular formula is C11H20N4O2. The summed E-state index contributed by atoms with van der Waals surface area (Å²) in [7, 11) is 1.82. The Hall–Kier alpha value is -1.56. The Morgan fingerprint density at radius 3 is 2.76 bits per heavy atom. The molecule has 1 amide bonds. The lowest BCUT2D eigenvalue weighted by Crippen LogP contribution is -2.36. The van der Waals surface area contributed by atoms with Crippen molar-refractivity contribution in [2.24, 2.45) is 12.8 Å². The first-order valence-corrected chi connectivity index (χ1v) is 5.49. The summed E-state index contributed by atoms with van der Waals surface area (Å²) in [5.41, 5.74) is 6.28. The summed E-state index contributed by atoms with van der Waals surface area (Å²) in [6.45, 7) is 5.76. The maximum absolute atomic E-state index is 11.4. The zero-order valence-corrected chi connectivity index (χ0v) is 10.7. The molecule has 1 unspecified atom stereocenters. The van der Waals surface area contributed by atoms with E-state index < -0.39 is 11.7 Å². The van der Waals surface area contributed by atoms with Gasteiger partial charge in [0.2, 0.25) is 0 Å². The number of carbonyl (C=O) groups excluding carboxylic acids is 1. The predicted octanol–water partition coefficient (Wildman–Crippen LogP) is 0.945. The van der Waals surface area contributed by atoms with E-state index >= 15 is 0 Å². The summed E-state index contributed by atoms with van der Waals surface area (Å²) in [5.74, 6) is 0. The molecule has 0 aliphatic rings. The van der Waals surface area contributed by atoms with Crippen LogP contribution in [0, 0.1) is 0 Å². The Bertz CT molecular complexity index is 381. The molecule has 1 aromatic heterocycles. The van der Waals surface area contributed by atoms with Gasteiger partial charge in [0.25, 0.3) is 0 Å². The number of amides is 1. The van der Waals surface area contributed by atoms with Crippen LogP contribution in [0.4, 0.5) is 4.79 Å². The number of carbonyl (C=O) groups is 1. The lowest BCUT2D eigenvalue weighted by Gasteiger charge is -2.20. The maximum atomic E-state index is 11.4. The van der Waals surface area contributed by atoms with E-state index in [0.717, 1.165) is 5.56 Å². The highest BCUT2D eigenvalue weighted by Gasteiger charge is 2.17. The van der Waals surface area contributed by atoms with Crippen LogP contribution in [-0.4, -0.2) is 28.0 Å². The lowest BCUT2D eigenvalue weighted by atomic mass is 10.2. The van der Waals surface area contributed by atoms with Crippen molar-refractivity contribution in [2.45, 2.75) is 32.4 Å². The molecule has 0 aromatic carbocycles. The zero-order valence-electron chi connectivity index (χ0n) is 10.7. The Kier molecular flexibility index (Phi) is 4.11. The largest absolute Gasteiger partial charge is 0.444 e. The molecule has 0 aliphatic carbocycles. The number of nitrogens with two attached hydrogens (primary N) is 1. The van der Waals surface area contributed by atoms with Crippen LogP contribution in [0.3, 0.4) is 0 Å². The molecule has 1 atom stereocenters. The number of ether oxygens (including phenoxy) is 1. The van der Waals surface area contributed by atoms with Crippen LogP contribution in [0.25, 0.3) is 0 Å². The summed E-state index contributed by atoms with van der Waals surface area (Å²) in [6, 6.07) is -0.281. The van der Waals surface area contributed by atoms with Crippen molar-refractivity contribution in [1.82, 2.24) is 15.1 Å². The zero-order chi connectivity index (χ0) is 13.1. The molecule has 3 N–H and O–H groups in total. The molecule has 0 spiro atoms. The molecule has 1 rings (SSSR count). The third-order valence-electron chi connectivity index (χ3n) is 2.02. The average Bonchev–Trinajstić information content (AvgIpc) is 2.58. The van der Waals surface area contributed by atoms with Gasteiger partial charge in [-0.05, 0) is 20.8 Å². The van der Waals surface area contributed by atoms with Gasteiger partial charge in [0.05, 0.1) is 12.2 Å². The Balaban J connectivity index is 2.38. The van der Waals surface area contributed by atoms with E-state index in [2.05, 4.69) is 10.4 Å². The van der Waals surface area contributed by atoms with Crippen molar-refractivity contribution in [3.05, 3.63) is 18.0 Å². The van der Waals surface area contributed by atoms with Gasteiger partial charge in [-0.1, -0.05) is 0 Å². The molecule has 1 aromatic rings. The van der Waals surface area contributed by atoms with Crippen LogP contribution in [0.2, 0.25) is 0 Å². The van der Waals surface area contributed by atoms with Gasteiger partial charge in [-0.2, -0.15) is 5.10 Å². The topological polar surface area (TPSA) is 82.2 Å². The summed E-state index contributed by atoms with van der Waals surface area (Å²) in [6.07, 6.45) is 3.04. The number of alkyl carbamates (subject to hydrolysis) is 1. The second-order valence-electron chi connectivity index (χ2n) is 4.94. The van der Waals surface area contributed by atoms with Gasteiger partial charge in [-0.25, -0.2) is 4.79 Å². The molecule has 96 valence electrons. The normalized spacial score (nSPS) is 13.2. The number of aromatic nitrogens is 2. The monoisotopic (exact) mass is 240 g/mol. The molecule has 6 heteroatoms. The van der Waals surface area contributed by atoms with E-state index in [0.29, 0.717) is 6.54 Å². The molecule has 6 nitrogen and oxygen atoms in total. The number of rotatable bonds is 3. The van der Waals surface area contributed by atoms with E-state index in [1.165, 1.54) is 0 Å². The average molecular weight is 240 g/mol. The molecule has 17 heavy (non-hydrogen) atoms. The minimum atomic E-state index is -0.498. The summed E-state index contributed by atoms with van der Waals surface area (Å²) >= 11 is 0. The predicted molar refractivity (Wildman–Crippen MR) is 64.4 cm³/mol. The molecular weight excluding hydrogens is 220 g/mol. The molecule has 0 saturated heterocycles. The minimum absolute atomic E-state index is 0.281. The second-order valence-corrected chi connectivity index (χ2v) is 4.94. The van der Waals surface area contributed by atoms with E-state index in [1.807, 2.05) is 34.0 Å². The van der Waals surface area contributed by atoms with Gasteiger partial charge in [0, 0.05) is 25.4 Å². The SMILES string of the molecule is Cn1cc(C(N)CNC(=O)OC(C)(C)C)cn1. The lowest BCUT2D eigenvalue weighted by molar-refractivity contribution is 0.0524. The van der Waals surface area contributed by atoms with E-state index in [1.54, 1.807) is 10.9 Å². The van der Waals surface area contributed by atoms with E-state index in [9.17, 15) is 4.79 Å². The van der Waals surface area contributed by atoms with Crippen molar-refractivity contribution < 1.29 is 9.53 Å². The smallest absolute Gasteiger partial charge is 0.407 e. The quantitative estimate of drug-likeness (QED) is 0.824. The van der Waals surface area contributed by atoms with Crippen LogP contribution < -0.4 is 11.1 Å². The molecule has 0 fully saturated rings. The Morgan fingerprint density at radius 2 is 2.29 bits per heavy atom. The third-order valence-corrected chi connectivity index (χ3v) is 2.02. The van der Waals surface area contributed by atoms with Gasteiger partial charge in [0.1, 0.15) is 5.60 Å². The van der Waals surface area contributed by atoms with Gasteiger partial charge < -0.3 is 15.8 Å². The fourth-order valence-corrected chi connectivity index (χ4v) is 1.26. The number of hydrogen-bond donors (Lipinski definition) is 2. The van der Waals surface area contributed by atoms with Gasteiger partial charge in [0.15, 0.2) is 0 Å². The van der Waals surface area contributed by atoms with Crippen LogP contribution >= 0.6 is 0 Å². The summed E-state index contributed by atoms with van der Waals surface area (Å²) in [5, 5.41) is 6.64. The Labute approximate surface area is 101 Å². The van der Waals surface area contributed by atoms with E-state index in [4.69, 9.17) is 10.5 Å². The van der Waals surface area contributed by atoms with E-state index in [-0.39, 0.29) is 6.04 Å². The van der Waals surface area contributed by atoms with Gasteiger partial charge >= 0.3 is 6.09 Å². The van der Waals surface area contributed by atoms with Crippen LogP contribution in [0.1, 0.15) is 32.4 Å². The Morgan fingerprint density at radius 1 is 1.65 bits per heavy atom. The molecule has 0 bridgehead atoms. The number of aryl methyl sites for hydroxylation is 1. The van der Waals surface area contributed by atoms with Crippen LogP contribution in [0.5, 0.6) is 0 Å². The second kappa shape index (κ2) is 5.18. The van der Waals surface area contributed by atoms with Crippen molar-refractivity contribution >= 4 is 6.09 Å². The third kappa shape index (κ3) is 4.86. The number of nitrogens with one attached hydrogen (secondary N) is 1. The highest BCUT2D eigenvalue weighted by Crippen LogP contribution is 2.09. The highest BCUT2D eigenvalue weighted by molar-refractivity contribution is 5.67. The summed E-state index contributed by atoms with van der Waals surface area (Å²) < 4.78 is 6.77. The fraction of sp³-hybridized carbons (Fsp3) is 0.636. The van der Waals surface area contributed by atoms with Crippen LogP contribution in [0.15, 0.2) is 12.4 Å². The number of nitrogens with zero attached hydrogens (tertiary/aromatic N) is 2. The first kappa shape index (κ1) is 13.5. The maximum Gasteiger partial charge on any atom is 0.407 e. The van der Waals surface area contributed by atoms with Crippen molar-refractivity contribution in [1.29, 1.82) is 0 Å². The van der Waals surface area contributed by atoms with Crippen molar-refractivity contribution in [3.63, 3.8) is 0 Å². The molecule has 0 radical (unpaired) electrons. The molecule has 1 heterocycles. The highest BCUT2D eigenvalue weighted by atomic mass is 16.6. The fourth-order valence-electron chi connectivity index (χ4n) is 1.26. The summed E-state index contributed by atoms with van der Waals surface area (Å²) in [4.78, 5) is 11.4. The van der Waals surface area contributed by atoms with Crippen LogP contribution in [-0.2, 0) is 11.8 Å². The number of hydrogen-bond acceptors (Lipinski definition) is 4. The molecule has 0 aliphatic heterocycles. The van der Waals surface area contributed by atoms with Crippen molar-refractivity contribution in [2.75, 3.05) is 6.54 Å².